The van der Waals surface area contributed by atoms with Crippen LogP contribution in [0.25, 0.3) is 0 Å². The van der Waals surface area contributed by atoms with Gasteiger partial charge in [0.25, 0.3) is 10.0 Å². The van der Waals surface area contributed by atoms with Crippen LogP contribution in [-0.2, 0) is 21.2 Å². The molecule has 0 aliphatic rings. The molecule has 0 spiro atoms. The molecule has 1 amide bonds. The number of carbonyl (C=O) groups excluding carboxylic acids is 1. The smallest absolute Gasteiger partial charge is 0.264 e. The Morgan fingerprint density at radius 1 is 0.968 bits per heavy atom. The van der Waals surface area contributed by atoms with Crippen molar-refractivity contribution in [1.29, 1.82) is 0 Å². The van der Waals surface area contributed by atoms with E-state index in [0.29, 0.717) is 0 Å². The SMILES string of the molecule is CCc1ccc([C@@H](C)NC(=O)CN(c2ccccc2Cl)S(=O)(=O)c2ccccc2)cc1. The molecule has 0 heterocycles. The third-order valence-corrected chi connectivity index (χ3v) is 7.10. The Morgan fingerprint density at radius 2 is 1.58 bits per heavy atom. The number of aryl methyl sites for hydroxylation is 1. The van der Waals surface area contributed by atoms with E-state index in [-0.39, 0.29) is 21.6 Å². The fourth-order valence-electron chi connectivity index (χ4n) is 3.22. The first-order chi connectivity index (χ1) is 14.8. The van der Waals surface area contributed by atoms with Gasteiger partial charge in [0.1, 0.15) is 6.54 Å². The number of hydrogen-bond acceptors (Lipinski definition) is 3. The van der Waals surface area contributed by atoms with Gasteiger partial charge < -0.3 is 5.32 Å². The molecule has 1 atom stereocenters. The topological polar surface area (TPSA) is 66.5 Å². The van der Waals surface area contributed by atoms with E-state index >= 15 is 0 Å². The second kappa shape index (κ2) is 9.98. The second-order valence-corrected chi connectivity index (χ2v) is 9.43. The molecular weight excluding hydrogens is 432 g/mol. The quantitative estimate of drug-likeness (QED) is 0.520. The zero-order valence-corrected chi connectivity index (χ0v) is 19.0. The van der Waals surface area contributed by atoms with Crippen LogP contribution < -0.4 is 9.62 Å². The number of benzene rings is 3. The molecule has 0 aliphatic heterocycles. The zero-order chi connectivity index (χ0) is 22.4. The van der Waals surface area contributed by atoms with Gasteiger partial charge in [0.15, 0.2) is 0 Å². The average molecular weight is 457 g/mol. The Morgan fingerprint density at radius 3 is 2.19 bits per heavy atom. The molecule has 3 aromatic rings. The van der Waals surface area contributed by atoms with Crippen LogP contribution in [0, 0.1) is 0 Å². The maximum Gasteiger partial charge on any atom is 0.264 e. The van der Waals surface area contributed by atoms with Gasteiger partial charge in [0.2, 0.25) is 5.91 Å². The Hall–Kier alpha value is -2.83. The number of halogens is 1. The third kappa shape index (κ3) is 5.46. The molecule has 0 fully saturated rings. The normalized spacial score (nSPS) is 12.2. The average Bonchev–Trinajstić information content (AvgIpc) is 2.78. The molecule has 162 valence electrons. The van der Waals surface area contributed by atoms with Crippen molar-refractivity contribution in [2.24, 2.45) is 0 Å². The molecule has 1 N–H and O–H groups in total. The van der Waals surface area contributed by atoms with Crippen LogP contribution in [0.15, 0.2) is 83.8 Å². The molecule has 3 aromatic carbocycles. The van der Waals surface area contributed by atoms with Crippen molar-refractivity contribution in [2.45, 2.75) is 31.2 Å². The zero-order valence-electron chi connectivity index (χ0n) is 17.5. The molecule has 0 saturated heterocycles. The maximum atomic E-state index is 13.3. The summed E-state index contributed by atoms with van der Waals surface area (Å²) in [6, 6.07) is 22.3. The number of nitrogens with one attached hydrogen (secondary N) is 1. The van der Waals surface area contributed by atoms with Crippen molar-refractivity contribution in [1.82, 2.24) is 5.32 Å². The van der Waals surface area contributed by atoms with Gasteiger partial charge in [-0.25, -0.2) is 8.42 Å². The van der Waals surface area contributed by atoms with Gasteiger partial charge in [0.05, 0.1) is 21.6 Å². The fraction of sp³-hybridized carbons (Fsp3) is 0.208. The molecule has 5 nitrogen and oxygen atoms in total. The predicted molar refractivity (Wildman–Crippen MR) is 125 cm³/mol. The number of anilines is 1. The summed E-state index contributed by atoms with van der Waals surface area (Å²) in [5.41, 5.74) is 2.41. The van der Waals surface area contributed by atoms with E-state index in [4.69, 9.17) is 11.6 Å². The Kier molecular flexibility index (Phi) is 7.36. The summed E-state index contributed by atoms with van der Waals surface area (Å²) in [5, 5.41) is 3.14. The van der Waals surface area contributed by atoms with Gasteiger partial charge in [-0.1, -0.05) is 73.1 Å². The lowest BCUT2D eigenvalue weighted by Crippen LogP contribution is -2.41. The Labute approximate surface area is 188 Å². The summed E-state index contributed by atoms with van der Waals surface area (Å²) in [7, 11) is -3.99. The second-order valence-electron chi connectivity index (χ2n) is 7.16. The highest BCUT2D eigenvalue weighted by Crippen LogP contribution is 2.30. The number of carbonyl (C=O) groups is 1. The number of rotatable bonds is 8. The highest BCUT2D eigenvalue weighted by molar-refractivity contribution is 7.92. The summed E-state index contributed by atoms with van der Waals surface area (Å²) < 4.78 is 27.7. The van der Waals surface area contributed by atoms with Crippen LogP contribution in [0.3, 0.4) is 0 Å². The first kappa shape index (κ1) is 22.8. The van der Waals surface area contributed by atoms with Crippen molar-refractivity contribution < 1.29 is 13.2 Å². The molecule has 0 aliphatic carbocycles. The van der Waals surface area contributed by atoms with E-state index < -0.39 is 22.5 Å². The third-order valence-electron chi connectivity index (χ3n) is 5.01. The molecule has 7 heteroatoms. The van der Waals surface area contributed by atoms with Crippen LogP contribution in [0.1, 0.15) is 31.0 Å². The number of amides is 1. The van der Waals surface area contributed by atoms with E-state index in [1.54, 1.807) is 42.5 Å². The highest BCUT2D eigenvalue weighted by Gasteiger charge is 2.28. The molecule has 31 heavy (non-hydrogen) atoms. The van der Waals surface area contributed by atoms with Gasteiger partial charge in [-0.3, -0.25) is 9.10 Å². The number of hydrogen-bond donors (Lipinski definition) is 1. The summed E-state index contributed by atoms with van der Waals surface area (Å²) in [5.74, 6) is -0.425. The van der Waals surface area contributed by atoms with Gasteiger partial charge in [-0.2, -0.15) is 0 Å². The van der Waals surface area contributed by atoms with E-state index in [0.717, 1.165) is 16.3 Å². The Balaban J connectivity index is 1.86. The summed E-state index contributed by atoms with van der Waals surface area (Å²) in [6.45, 7) is 3.55. The van der Waals surface area contributed by atoms with Gasteiger partial charge >= 0.3 is 0 Å². The summed E-state index contributed by atoms with van der Waals surface area (Å²) in [4.78, 5) is 13.0. The first-order valence-corrected chi connectivity index (χ1v) is 11.8. The molecule has 0 aromatic heterocycles. The van der Waals surface area contributed by atoms with E-state index in [2.05, 4.69) is 12.2 Å². The fourth-order valence-corrected chi connectivity index (χ4v) is 4.97. The number of sulfonamides is 1. The molecular formula is C24H25ClN2O3S. The lowest BCUT2D eigenvalue weighted by molar-refractivity contribution is -0.120. The molecule has 3 rings (SSSR count). The van der Waals surface area contributed by atoms with Crippen LogP contribution in [0.2, 0.25) is 5.02 Å². The molecule has 0 saturated carbocycles. The van der Waals surface area contributed by atoms with Gasteiger partial charge in [-0.15, -0.1) is 0 Å². The van der Waals surface area contributed by atoms with E-state index in [1.807, 2.05) is 31.2 Å². The monoisotopic (exact) mass is 456 g/mol. The van der Waals surface area contributed by atoms with Crippen molar-refractivity contribution in [2.75, 3.05) is 10.8 Å². The van der Waals surface area contributed by atoms with Crippen LogP contribution in [0.5, 0.6) is 0 Å². The number of para-hydroxylation sites is 1. The molecule has 0 radical (unpaired) electrons. The summed E-state index contributed by atoms with van der Waals surface area (Å²) >= 11 is 6.29. The van der Waals surface area contributed by atoms with Crippen molar-refractivity contribution in [3.63, 3.8) is 0 Å². The van der Waals surface area contributed by atoms with Gasteiger partial charge in [0, 0.05) is 0 Å². The molecule has 0 bridgehead atoms. The van der Waals surface area contributed by atoms with E-state index in [9.17, 15) is 13.2 Å². The minimum Gasteiger partial charge on any atom is -0.348 e. The van der Waals surface area contributed by atoms with Gasteiger partial charge in [-0.05, 0) is 48.7 Å². The molecule has 0 unspecified atom stereocenters. The minimum absolute atomic E-state index is 0.0888. The highest BCUT2D eigenvalue weighted by atomic mass is 35.5. The lowest BCUT2D eigenvalue weighted by atomic mass is 10.1. The largest absolute Gasteiger partial charge is 0.348 e. The minimum atomic E-state index is -3.99. The van der Waals surface area contributed by atoms with Crippen molar-refractivity contribution in [3.8, 4) is 0 Å². The number of nitrogens with zero attached hydrogens (tertiary/aromatic N) is 1. The first-order valence-electron chi connectivity index (χ1n) is 10.0. The lowest BCUT2D eigenvalue weighted by Gasteiger charge is -2.26. The van der Waals surface area contributed by atoms with E-state index in [1.165, 1.54) is 17.7 Å². The van der Waals surface area contributed by atoms with Crippen LogP contribution in [0.4, 0.5) is 5.69 Å². The summed E-state index contributed by atoms with van der Waals surface area (Å²) in [6.07, 6.45) is 0.936. The van der Waals surface area contributed by atoms with Crippen molar-refractivity contribution >= 4 is 33.2 Å². The predicted octanol–water partition coefficient (Wildman–Crippen LogP) is 4.98. The van der Waals surface area contributed by atoms with Crippen LogP contribution in [-0.4, -0.2) is 20.9 Å². The maximum absolute atomic E-state index is 13.3. The van der Waals surface area contributed by atoms with Crippen molar-refractivity contribution in [3.05, 3.63) is 95.0 Å². The Bertz CT molecular complexity index is 1130. The standard InChI is InChI=1S/C24H25ClN2O3S/c1-3-19-13-15-20(16-14-19)18(2)26-24(28)17-27(23-12-8-7-11-22(23)25)31(29,30)21-9-5-4-6-10-21/h4-16,18H,3,17H2,1-2H3,(H,26,28)/t18-/m1/s1. The van der Waals surface area contributed by atoms with Crippen LogP contribution >= 0.6 is 11.6 Å².